The number of morpholine rings is 1. The van der Waals surface area contributed by atoms with E-state index in [0.29, 0.717) is 12.0 Å². The molecule has 0 saturated carbocycles. The van der Waals surface area contributed by atoms with E-state index in [1.807, 2.05) is 25.2 Å². The van der Waals surface area contributed by atoms with Crippen molar-refractivity contribution in [3.8, 4) is 11.5 Å². The van der Waals surface area contributed by atoms with Crippen LogP contribution in [0.2, 0.25) is 0 Å². The molecule has 2 rings (SSSR count). The molecule has 0 amide bonds. The summed E-state index contributed by atoms with van der Waals surface area (Å²) >= 11 is 0. The summed E-state index contributed by atoms with van der Waals surface area (Å²) in [5.74, 6) is 3.19. The molecule has 0 aliphatic carbocycles. The van der Waals surface area contributed by atoms with Gasteiger partial charge in [-0.05, 0) is 42.5 Å². The van der Waals surface area contributed by atoms with Crippen molar-refractivity contribution in [3.63, 3.8) is 0 Å². The van der Waals surface area contributed by atoms with Crippen LogP contribution in [0.25, 0.3) is 0 Å². The Morgan fingerprint density at radius 3 is 2.55 bits per heavy atom. The molecular weight excluding hydrogens is 368 g/mol. The van der Waals surface area contributed by atoms with Gasteiger partial charge in [0.2, 0.25) is 0 Å². The lowest BCUT2D eigenvalue weighted by molar-refractivity contribution is 0.0132. The van der Waals surface area contributed by atoms with Gasteiger partial charge in [0.05, 0.1) is 27.4 Å². The zero-order valence-corrected chi connectivity index (χ0v) is 18.7. The molecule has 1 aliphatic rings. The standard InChI is InChI=1S/C22H38N4O3/c1-17(2)14-19(26-10-12-29-13-11-26)16-25-22(23-3)24-9-8-18-15-20(27-4)6-7-21(18)28-5/h6-7,15,17,19H,8-14,16H2,1-5H3,(H2,23,24,25). The van der Waals surface area contributed by atoms with Gasteiger partial charge in [-0.25, -0.2) is 0 Å². The Morgan fingerprint density at radius 2 is 1.93 bits per heavy atom. The molecule has 1 heterocycles. The van der Waals surface area contributed by atoms with Crippen LogP contribution >= 0.6 is 0 Å². The third-order valence-corrected chi connectivity index (χ3v) is 5.21. The lowest BCUT2D eigenvalue weighted by atomic mass is 10.0. The Hall–Kier alpha value is -1.99. The number of hydrogen-bond acceptors (Lipinski definition) is 5. The van der Waals surface area contributed by atoms with E-state index in [9.17, 15) is 0 Å². The summed E-state index contributed by atoms with van der Waals surface area (Å²) in [5, 5.41) is 6.93. The van der Waals surface area contributed by atoms with E-state index in [0.717, 1.165) is 75.3 Å². The minimum absolute atomic E-state index is 0.482. The molecule has 0 bridgehead atoms. The zero-order valence-electron chi connectivity index (χ0n) is 18.7. The first-order valence-electron chi connectivity index (χ1n) is 10.5. The molecule has 1 unspecified atom stereocenters. The van der Waals surface area contributed by atoms with Crippen molar-refractivity contribution in [1.29, 1.82) is 0 Å². The van der Waals surface area contributed by atoms with E-state index in [4.69, 9.17) is 14.2 Å². The Balaban J connectivity index is 1.86. The van der Waals surface area contributed by atoms with Crippen molar-refractivity contribution in [2.45, 2.75) is 32.7 Å². The summed E-state index contributed by atoms with van der Waals surface area (Å²) in [7, 11) is 5.19. The Labute approximate surface area is 175 Å². The maximum atomic E-state index is 5.51. The quantitative estimate of drug-likeness (QED) is 0.459. The van der Waals surface area contributed by atoms with Crippen LogP contribution in [-0.4, -0.2) is 77.6 Å². The number of rotatable bonds is 10. The van der Waals surface area contributed by atoms with Gasteiger partial charge in [-0.1, -0.05) is 13.8 Å². The molecule has 1 atom stereocenters. The number of nitrogens with one attached hydrogen (secondary N) is 2. The lowest BCUT2D eigenvalue weighted by Crippen LogP contribution is -2.51. The fourth-order valence-electron chi connectivity index (χ4n) is 3.68. The highest BCUT2D eigenvalue weighted by Crippen LogP contribution is 2.24. The third kappa shape index (κ3) is 7.74. The van der Waals surface area contributed by atoms with E-state index in [2.05, 4.69) is 34.4 Å². The van der Waals surface area contributed by atoms with E-state index in [1.165, 1.54) is 0 Å². The van der Waals surface area contributed by atoms with E-state index < -0.39 is 0 Å². The molecule has 1 aromatic carbocycles. The van der Waals surface area contributed by atoms with Crippen LogP contribution < -0.4 is 20.1 Å². The normalized spacial score (nSPS) is 16.6. The van der Waals surface area contributed by atoms with Crippen molar-refractivity contribution in [1.82, 2.24) is 15.5 Å². The monoisotopic (exact) mass is 406 g/mol. The SMILES string of the molecule is CN=C(NCCc1cc(OC)ccc1OC)NCC(CC(C)C)N1CCOCC1. The predicted octanol–water partition coefficient (Wildman–Crippen LogP) is 2.16. The summed E-state index contributed by atoms with van der Waals surface area (Å²) in [6, 6.07) is 6.36. The van der Waals surface area contributed by atoms with Crippen LogP contribution in [0.3, 0.4) is 0 Å². The predicted molar refractivity (Wildman–Crippen MR) is 118 cm³/mol. The van der Waals surface area contributed by atoms with Crippen molar-refractivity contribution >= 4 is 5.96 Å². The number of aliphatic imine (C=N–C) groups is 1. The molecule has 7 heteroatoms. The average molecular weight is 407 g/mol. The Morgan fingerprint density at radius 1 is 1.17 bits per heavy atom. The van der Waals surface area contributed by atoms with Gasteiger partial charge in [0.1, 0.15) is 11.5 Å². The van der Waals surface area contributed by atoms with E-state index in [-0.39, 0.29) is 0 Å². The number of hydrogen-bond donors (Lipinski definition) is 2. The second-order valence-corrected chi connectivity index (χ2v) is 7.74. The molecule has 1 saturated heterocycles. The van der Waals surface area contributed by atoms with E-state index >= 15 is 0 Å². The number of ether oxygens (including phenoxy) is 3. The van der Waals surface area contributed by atoms with Crippen molar-refractivity contribution in [2.24, 2.45) is 10.9 Å². The van der Waals surface area contributed by atoms with Gasteiger partial charge >= 0.3 is 0 Å². The fraction of sp³-hybridized carbons (Fsp3) is 0.682. The van der Waals surface area contributed by atoms with Crippen LogP contribution in [0.1, 0.15) is 25.8 Å². The summed E-state index contributed by atoms with van der Waals surface area (Å²) in [5.41, 5.74) is 1.11. The summed E-state index contributed by atoms with van der Waals surface area (Å²) in [6.45, 7) is 9.84. The van der Waals surface area contributed by atoms with Gasteiger partial charge in [-0.2, -0.15) is 0 Å². The first-order valence-corrected chi connectivity index (χ1v) is 10.5. The van der Waals surface area contributed by atoms with Gasteiger partial charge in [0, 0.05) is 39.3 Å². The lowest BCUT2D eigenvalue weighted by Gasteiger charge is -2.35. The van der Waals surface area contributed by atoms with Gasteiger partial charge in [-0.3, -0.25) is 9.89 Å². The maximum absolute atomic E-state index is 5.51. The second-order valence-electron chi connectivity index (χ2n) is 7.74. The van der Waals surface area contributed by atoms with Crippen molar-refractivity contribution < 1.29 is 14.2 Å². The molecule has 0 radical (unpaired) electrons. The van der Waals surface area contributed by atoms with Crippen molar-refractivity contribution in [3.05, 3.63) is 23.8 Å². The van der Waals surface area contributed by atoms with Crippen LogP contribution in [0, 0.1) is 5.92 Å². The molecule has 1 aliphatic heterocycles. The Bertz CT molecular complexity index is 630. The highest BCUT2D eigenvalue weighted by atomic mass is 16.5. The molecule has 164 valence electrons. The van der Waals surface area contributed by atoms with Gasteiger partial charge < -0.3 is 24.8 Å². The highest BCUT2D eigenvalue weighted by Gasteiger charge is 2.22. The largest absolute Gasteiger partial charge is 0.497 e. The number of guanidine groups is 1. The smallest absolute Gasteiger partial charge is 0.191 e. The zero-order chi connectivity index (χ0) is 21.1. The van der Waals surface area contributed by atoms with Crippen LogP contribution in [0.4, 0.5) is 0 Å². The maximum Gasteiger partial charge on any atom is 0.191 e. The highest BCUT2D eigenvalue weighted by molar-refractivity contribution is 5.79. The van der Waals surface area contributed by atoms with E-state index in [1.54, 1.807) is 14.2 Å². The molecule has 0 aromatic heterocycles. The fourth-order valence-corrected chi connectivity index (χ4v) is 3.68. The minimum atomic E-state index is 0.482. The molecule has 29 heavy (non-hydrogen) atoms. The van der Waals surface area contributed by atoms with Crippen LogP contribution in [0.15, 0.2) is 23.2 Å². The minimum Gasteiger partial charge on any atom is -0.497 e. The molecule has 0 spiro atoms. The molecule has 1 fully saturated rings. The first-order chi connectivity index (χ1) is 14.1. The van der Waals surface area contributed by atoms with Crippen LogP contribution in [-0.2, 0) is 11.2 Å². The van der Waals surface area contributed by atoms with Gasteiger partial charge in [0.15, 0.2) is 5.96 Å². The van der Waals surface area contributed by atoms with Crippen LogP contribution in [0.5, 0.6) is 11.5 Å². The summed E-state index contributed by atoms with van der Waals surface area (Å²) in [4.78, 5) is 6.92. The summed E-state index contributed by atoms with van der Waals surface area (Å²) in [6.07, 6.45) is 1.98. The number of nitrogens with zero attached hydrogens (tertiary/aromatic N) is 2. The second kappa shape index (κ2) is 12.5. The third-order valence-electron chi connectivity index (χ3n) is 5.21. The van der Waals surface area contributed by atoms with Gasteiger partial charge in [0.25, 0.3) is 0 Å². The average Bonchev–Trinajstić information content (AvgIpc) is 2.75. The molecule has 2 N–H and O–H groups in total. The molecule has 1 aromatic rings. The van der Waals surface area contributed by atoms with Crippen molar-refractivity contribution in [2.75, 3.05) is 60.7 Å². The number of benzene rings is 1. The van der Waals surface area contributed by atoms with Gasteiger partial charge in [-0.15, -0.1) is 0 Å². The first kappa shape index (κ1) is 23.3. The molecular formula is C22H38N4O3. The molecule has 7 nitrogen and oxygen atoms in total. The summed E-state index contributed by atoms with van der Waals surface area (Å²) < 4.78 is 16.3. The number of methoxy groups -OCH3 is 2. The Kier molecular flexibility index (Phi) is 10.1. The topological polar surface area (TPSA) is 67.4 Å².